The van der Waals surface area contributed by atoms with E-state index >= 15 is 0 Å². The van der Waals surface area contributed by atoms with Crippen molar-refractivity contribution in [2.75, 3.05) is 0 Å². The zero-order chi connectivity index (χ0) is 13.3. The molecule has 0 radical (unpaired) electrons. The summed E-state index contributed by atoms with van der Waals surface area (Å²) in [4.78, 5) is 0. The van der Waals surface area contributed by atoms with Crippen LogP contribution in [0.3, 0.4) is 0 Å². The molecule has 0 aromatic rings. The number of hydrogen-bond acceptors (Lipinski definition) is 3. The lowest BCUT2D eigenvalue weighted by atomic mass is 9.74. The molecule has 0 spiro atoms. The van der Waals surface area contributed by atoms with Crippen LogP contribution in [-0.2, 0) is 9.31 Å². The molecule has 3 nitrogen and oxygen atoms in total. The van der Waals surface area contributed by atoms with Gasteiger partial charge in [-0.2, -0.15) is 0 Å². The van der Waals surface area contributed by atoms with Gasteiger partial charge in [0.15, 0.2) is 0 Å². The Bertz CT molecular complexity index is 273. The maximum absolute atomic E-state index is 6.10. The second-order valence-corrected chi connectivity index (χ2v) is 5.91. The summed E-state index contributed by atoms with van der Waals surface area (Å²) in [5.74, 6) is 0. The SMILES string of the molecule is C=C(B1OC(C)(C)C(C)(C)O1)[C@@H](N)CCCC. The lowest BCUT2D eigenvalue weighted by Crippen LogP contribution is -2.41. The molecule has 17 heavy (non-hydrogen) atoms. The van der Waals surface area contributed by atoms with Crippen molar-refractivity contribution in [3.8, 4) is 0 Å². The van der Waals surface area contributed by atoms with E-state index in [0.29, 0.717) is 0 Å². The predicted octanol–water partition coefficient (Wildman–Crippen LogP) is 2.69. The van der Waals surface area contributed by atoms with Gasteiger partial charge in [0.2, 0.25) is 0 Å². The van der Waals surface area contributed by atoms with E-state index in [2.05, 4.69) is 13.5 Å². The van der Waals surface area contributed by atoms with Crippen LogP contribution in [0.5, 0.6) is 0 Å². The van der Waals surface area contributed by atoms with E-state index in [0.717, 1.165) is 24.7 Å². The third-order valence-corrected chi connectivity index (χ3v) is 3.90. The summed E-state index contributed by atoms with van der Waals surface area (Å²) < 4.78 is 11.9. The van der Waals surface area contributed by atoms with Gasteiger partial charge in [0, 0.05) is 6.04 Å². The number of rotatable bonds is 5. The van der Waals surface area contributed by atoms with E-state index in [1.165, 1.54) is 0 Å². The molecule has 1 aliphatic heterocycles. The highest BCUT2D eigenvalue weighted by molar-refractivity contribution is 6.54. The molecule has 0 amide bonds. The lowest BCUT2D eigenvalue weighted by molar-refractivity contribution is 0.00578. The second kappa shape index (κ2) is 5.13. The zero-order valence-electron chi connectivity index (χ0n) is 11.9. The highest BCUT2D eigenvalue weighted by atomic mass is 16.7. The summed E-state index contributed by atoms with van der Waals surface area (Å²) in [6, 6.07) is -0.0374. The molecule has 0 aliphatic carbocycles. The molecule has 0 aromatic heterocycles. The molecular formula is C13H26BNO2. The Hall–Kier alpha value is -0.315. The van der Waals surface area contributed by atoms with Crippen molar-refractivity contribution >= 4 is 7.12 Å². The molecule has 4 heteroatoms. The van der Waals surface area contributed by atoms with Crippen molar-refractivity contribution < 1.29 is 9.31 Å². The van der Waals surface area contributed by atoms with E-state index in [-0.39, 0.29) is 24.4 Å². The van der Waals surface area contributed by atoms with E-state index in [9.17, 15) is 0 Å². The van der Waals surface area contributed by atoms with Gasteiger partial charge in [0.1, 0.15) is 0 Å². The number of nitrogens with two attached hydrogens (primary N) is 1. The molecule has 98 valence electrons. The minimum atomic E-state index is -0.369. The molecule has 0 unspecified atom stereocenters. The molecule has 1 saturated heterocycles. The van der Waals surface area contributed by atoms with Crippen molar-refractivity contribution in [2.24, 2.45) is 5.73 Å². The molecule has 0 bridgehead atoms. The molecule has 1 fully saturated rings. The van der Waals surface area contributed by atoms with Gasteiger partial charge >= 0.3 is 7.12 Å². The molecule has 1 rings (SSSR count). The van der Waals surface area contributed by atoms with Gasteiger partial charge in [-0.15, -0.1) is 6.58 Å². The van der Waals surface area contributed by atoms with Gasteiger partial charge in [-0.25, -0.2) is 0 Å². The first-order valence-electron chi connectivity index (χ1n) is 6.51. The third kappa shape index (κ3) is 3.12. The maximum atomic E-state index is 6.10. The predicted molar refractivity (Wildman–Crippen MR) is 72.7 cm³/mol. The standard InChI is InChI=1S/C13H26BNO2/c1-7-8-9-11(15)10(2)14-16-12(3,4)13(5,6)17-14/h11H,2,7-9,15H2,1,3-6H3/t11-/m0/s1. The van der Waals surface area contributed by atoms with Crippen molar-refractivity contribution in [3.05, 3.63) is 12.1 Å². The van der Waals surface area contributed by atoms with Crippen LogP contribution in [0.25, 0.3) is 0 Å². The first-order chi connectivity index (χ1) is 7.71. The minimum Gasteiger partial charge on any atom is -0.400 e. The Labute approximate surface area is 106 Å². The van der Waals surface area contributed by atoms with Gasteiger partial charge in [-0.1, -0.05) is 19.8 Å². The number of unbranched alkanes of at least 4 members (excludes halogenated alkanes) is 1. The van der Waals surface area contributed by atoms with Gasteiger partial charge in [0.05, 0.1) is 11.2 Å². The van der Waals surface area contributed by atoms with Crippen LogP contribution in [0.4, 0.5) is 0 Å². The van der Waals surface area contributed by atoms with Gasteiger partial charge in [-0.05, 0) is 39.6 Å². The molecule has 0 aromatic carbocycles. The van der Waals surface area contributed by atoms with E-state index in [4.69, 9.17) is 15.0 Å². The Morgan fingerprint density at radius 3 is 2.12 bits per heavy atom. The van der Waals surface area contributed by atoms with Crippen LogP contribution in [0.1, 0.15) is 53.9 Å². The first kappa shape index (κ1) is 14.7. The smallest absolute Gasteiger partial charge is 0.400 e. The fraction of sp³-hybridized carbons (Fsp3) is 0.846. The Morgan fingerprint density at radius 1 is 1.24 bits per heavy atom. The highest BCUT2D eigenvalue weighted by Gasteiger charge is 2.52. The van der Waals surface area contributed by atoms with E-state index in [1.807, 2.05) is 27.7 Å². The van der Waals surface area contributed by atoms with Gasteiger partial charge in [0.25, 0.3) is 0 Å². The molecule has 1 heterocycles. The normalized spacial score (nSPS) is 23.8. The average molecular weight is 239 g/mol. The Morgan fingerprint density at radius 2 is 1.71 bits per heavy atom. The monoisotopic (exact) mass is 239 g/mol. The Kier molecular flexibility index (Phi) is 4.45. The van der Waals surface area contributed by atoms with Crippen LogP contribution < -0.4 is 5.73 Å². The highest BCUT2D eigenvalue weighted by Crippen LogP contribution is 2.38. The average Bonchev–Trinajstić information content (AvgIpc) is 2.43. The minimum absolute atomic E-state index is 0.0374. The largest absolute Gasteiger partial charge is 0.491 e. The summed E-state index contributed by atoms with van der Waals surface area (Å²) >= 11 is 0. The van der Waals surface area contributed by atoms with Crippen LogP contribution in [-0.4, -0.2) is 24.4 Å². The van der Waals surface area contributed by atoms with Gasteiger partial charge < -0.3 is 15.0 Å². The fourth-order valence-corrected chi connectivity index (χ4v) is 1.78. The number of hydrogen-bond donors (Lipinski definition) is 1. The topological polar surface area (TPSA) is 44.5 Å². The molecule has 2 N–H and O–H groups in total. The van der Waals surface area contributed by atoms with E-state index < -0.39 is 0 Å². The first-order valence-corrected chi connectivity index (χ1v) is 6.51. The van der Waals surface area contributed by atoms with Gasteiger partial charge in [-0.3, -0.25) is 0 Å². The maximum Gasteiger partial charge on any atom is 0.491 e. The third-order valence-electron chi connectivity index (χ3n) is 3.90. The molecule has 0 saturated carbocycles. The van der Waals surface area contributed by atoms with Crippen LogP contribution in [0.2, 0.25) is 0 Å². The van der Waals surface area contributed by atoms with Crippen LogP contribution in [0.15, 0.2) is 12.1 Å². The Balaban J connectivity index is 2.62. The van der Waals surface area contributed by atoms with E-state index in [1.54, 1.807) is 0 Å². The fourth-order valence-electron chi connectivity index (χ4n) is 1.78. The van der Waals surface area contributed by atoms with Crippen molar-refractivity contribution in [1.82, 2.24) is 0 Å². The second-order valence-electron chi connectivity index (χ2n) is 5.91. The zero-order valence-corrected chi connectivity index (χ0v) is 11.9. The molecular weight excluding hydrogens is 213 g/mol. The van der Waals surface area contributed by atoms with Crippen LogP contribution in [0, 0.1) is 0 Å². The summed E-state index contributed by atoms with van der Waals surface area (Å²) in [5, 5.41) is 0. The lowest BCUT2D eigenvalue weighted by Gasteiger charge is -2.32. The van der Waals surface area contributed by atoms with Crippen molar-refractivity contribution in [1.29, 1.82) is 0 Å². The summed E-state index contributed by atoms with van der Waals surface area (Å²) in [6.45, 7) is 14.4. The summed E-state index contributed by atoms with van der Waals surface area (Å²) in [5.41, 5.74) is 6.33. The molecule has 1 atom stereocenters. The van der Waals surface area contributed by atoms with Crippen LogP contribution >= 0.6 is 0 Å². The van der Waals surface area contributed by atoms with Crippen molar-refractivity contribution in [3.63, 3.8) is 0 Å². The molecule has 1 aliphatic rings. The van der Waals surface area contributed by atoms with Crippen molar-refractivity contribution in [2.45, 2.75) is 71.1 Å². The summed E-state index contributed by atoms with van der Waals surface area (Å²) in [7, 11) is -0.369. The summed E-state index contributed by atoms with van der Waals surface area (Å²) in [6.07, 6.45) is 3.20. The quantitative estimate of drug-likeness (QED) is 0.750.